The first-order valence-corrected chi connectivity index (χ1v) is 6.37. The Balaban J connectivity index is 3.71. The van der Waals surface area contributed by atoms with Gasteiger partial charge in [-0.15, -0.1) is 0 Å². The fraction of sp³-hybridized carbons (Fsp3) is 0.786. The van der Waals surface area contributed by atoms with Crippen LogP contribution in [0.4, 0.5) is 0 Å². The molecule has 0 aromatic rings. The zero-order valence-electron chi connectivity index (χ0n) is 11.5. The number of unbranched alkanes of at least 4 members (excludes halogenated alkanes) is 2. The van der Waals surface area contributed by atoms with E-state index in [0.29, 0.717) is 0 Å². The SMILES string of the molecule is CCC(O)/C=C/CCCCC(C)(C)C(=O)OC. The van der Waals surface area contributed by atoms with Crippen molar-refractivity contribution in [2.24, 2.45) is 5.41 Å². The summed E-state index contributed by atoms with van der Waals surface area (Å²) in [7, 11) is 1.43. The molecule has 0 aliphatic carbocycles. The molecule has 0 aliphatic rings. The first-order chi connectivity index (χ1) is 7.94. The number of hydrogen-bond acceptors (Lipinski definition) is 3. The van der Waals surface area contributed by atoms with E-state index in [-0.39, 0.29) is 17.5 Å². The molecule has 0 heterocycles. The molecule has 0 radical (unpaired) electrons. The Morgan fingerprint density at radius 2 is 2.06 bits per heavy atom. The van der Waals surface area contributed by atoms with Crippen molar-refractivity contribution in [1.82, 2.24) is 0 Å². The van der Waals surface area contributed by atoms with Gasteiger partial charge in [0.2, 0.25) is 0 Å². The second-order valence-corrected chi connectivity index (χ2v) is 5.02. The first-order valence-electron chi connectivity index (χ1n) is 6.37. The number of hydrogen-bond donors (Lipinski definition) is 1. The molecule has 3 heteroatoms. The van der Waals surface area contributed by atoms with E-state index in [2.05, 4.69) is 0 Å². The standard InChI is InChI=1S/C14H26O3/c1-5-12(15)10-8-6-7-9-11-14(2,3)13(16)17-4/h8,10,12,15H,5-7,9,11H2,1-4H3/b10-8+. The van der Waals surface area contributed by atoms with E-state index in [1.807, 2.05) is 32.9 Å². The van der Waals surface area contributed by atoms with Crippen molar-refractivity contribution in [2.45, 2.75) is 59.0 Å². The number of carbonyl (C=O) groups is 1. The highest BCUT2D eigenvalue weighted by atomic mass is 16.5. The van der Waals surface area contributed by atoms with Crippen LogP contribution in [-0.2, 0) is 9.53 Å². The summed E-state index contributed by atoms with van der Waals surface area (Å²) in [4.78, 5) is 11.4. The van der Waals surface area contributed by atoms with Gasteiger partial charge in [-0.3, -0.25) is 4.79 Å². The predicted molar refractivity (Wildman–Crippen MR) is 69.7 cm³/mol. The number of ether oxygens (including phenoxy) is 1. The lowest BCUT2D eigenvalue weighted by Gasteiger charge is -2.20. The van der Waals surface area contributed by atoms with Crippen LogP contribution in [0.3, 0.4) is 0 Å². The summed E-state index contributed by atoms with van der Waals surface area (Å²) < 4.78 is 4.75. The number of aliphatic hydroxyl groups is 1. The number of carbonyl (C=O) groups excluding carboxylic acids is 1. The Labute approximate surface area is 105 Å². The van der Waals surface area contributed by atoms with Crippen LogP contribution in [0.15, 0.2) is 12.2 Å². The zero-order valence-corrected chi connectivity index (χ0v) is 11.5. The molecule has 1 N–H and O–H groups in total. The van der Waals surface area contributed by atoms with Gasteiger partial charge in [-0.1, -0.05) is 25.5 Å². The van der Waals surface area contributed by atoms with E-state index in [1.54, 1.807) is 0 Å². The first kappa shape index (κ1) is 16.2. The molecule has 0 aliphatic heterocycles. The Hall–Kier alpha value is -0.830. The fourth-order valence-corrected chi connectivity index (χ4v) is 1.60. The van der Waals surface area contributed by atoms with E-state index in [9.17, 15) is 9.90 Å². The van der Waals surface area contributed by atoms with Crippen molar-refractivity contribution >= 4 is 5.97 Å². The van der Waals surface area contributed by atoms with Crippen LogP contribution in [0, 0.1) is 5.41 Å². The van der Waals surface area contributed by atoms with Crippen molar-refractivity contribution in [3.05, 3.63) is 12.2 Å². The lowest BCUT2D eigenvalue weighted by Crippen LogP contribution is -2.25. The van der Waals surface area contributed by atoms with Crippen molar-refractivity contribution < 1.29 is 14.6 Å². The number of esters is 1. The molecular weight excluding hydrogens is 216 g/mol. The highest BCUT2D eigenvalue weighted by Crippen LogP contribution is 2.25. The van der Waals surface area contributed by atoms with Gasteiger partial charge >= 0.3 is 5.97 Å². The average Bonchev–Trinajstić information content (AvgIpc) is 2.31. The minimum atomic E-state index is -0.388. The molecule has 0 rings (SSSR count). The van der Waals surface area contributed by atoms with E-state index in [1.165, 1.54) is 7.11 Å². The van der Waals surface area contributed by atoms with Crippen LogP contribution < -0.4 is 0 Å². The average molecular weight is 242 g/mol. The van der Waals surface area contributed by atoms with Gasteiger partial charge in [0.25, 0.3) is 0 Å². The van der Waals surface area contributed by atoms with Crippen molar-refractivity contribution in [3.63, 3.8) is 0 Å². The third kappa shape index (κ3) is 7.16. The zero-order chi connectivity index (χ0) is 13.3. The Kier molecular flexibility index (Phi) is 7.88. The summed E-state index contributed by atoms with van der Waals surface area (Å²) in [5, 5.41) is 9.30. The van der Waals surface area contributed by atoms with Crippen LogP contribution in [0.1, 0.15) is 52.9 Å². The van der Waals surface area contributed by atoms with Gasteiger partial charge in [-0.2, -0.15) is 0 Å². The minimum absolute atomic E-state index is 0.144. The summed E-state index contributed by atoms with van der Waals surface area (Å²) in [6.45, 7) is 5.78. The molecule has 0 spiro atoms. The van der Waals surface area contributed by atoms with Gasteiger partial charge in [0.1, 0.15) is 0 Å². The monoisotopic (exact) mass is 242 g/mol. The number of allylic oxidation sites excluding steroid dienone is 1. The number of methoxy groups -OCH3 is 1. The Morgan fingerprint density at radius 3 is 2.59 bits per heavy atom. The quantitative estimate of drug-likeness (QED) is 0.404. The fourth-order valence-electron chi connectivity index (χ4n) is 1.60. The summed E-state index contributed by atoms with van der Waals surface area (Å²) in [6, 6.07) is 0. The van der Waals surface area contributed by atoms with Gasteiger partial charge in [0, 0.05) is 0 Å². The third-order valence-corrected chi connectivity index (χ3v) is 2.94. The molecule has 0 aromatic heterocycles. The molecule has 100 valence electrons. The van der Waals surface area contributed by atoms with E-state index < -0.39 is 0 Å². The maximum absolute atomic E-state index is 11.4. The number of rotatable bonds is 8. The Morgan fingerprint density at radius 1 is 1.41 bits per heavy atom. The molecule has 3 nitrogen and oxygen atoms in total. The summed E-state index contributed by atoms with van der Waals surface area (Å²) >= 11 is 0. The predicted octanol–water partition coefficient (Wildman–Crippen LogP) is 3.07. The second kappa shape index (κ2) is 8.29. The highest BCUT2D eigenvalue weighted by molar-refractivity contribution is 5.75. The Bertz CT molecular complexity index is 244. The topological polar surface area (TPSA) is 46.5 Å². The summed E-state index contributed by atoms with van der Waals surface area (Å²) in [5.41, 5.74) is -0.388. The maximum Gasteiger partial charge on any atom is 0.311 e. The highest BCUT2D eigenvalue weighted by Gasteiger charge is 2.27. The van der Waals surface area contributed by atoms with Crippen LogP contribution in [0.2, 0.25) is 0 Å². The van der Waals surface area contributed by atoms with E-state index >= 15 is 0 Å². The lowest BCUT2D eigenvalue weighted by molar-refractivity contribution is -0.151. The van der Waals surface area contributed by atoms with Crippen LogP contribution >= 0.6 is 0 Å². The molecule has 0 saturated carbocycles. The molecule has 0 aromatic carbocycles. The van der Waals surface area contributed by atoms with Gasteiger partial charge < -0.3 is 9.84 Å². The minimum Gasteiger partial charge on any atom is -0.469 e. The van der Waals surface area contributed by atoms with Crippen LogP contribution in [-0.4, -0.2) is 24.3 Å². The molecule has 0 fully saturated rings. The lowest BCUT2D eigenvalue weighted by atomic mass is 9.87. The molecule has 0 saturated heterocycles. The molecule has 1 unspecified atom stereocenters. The number of aliphatic hydroxyl groups excluding tert-OH is 1. The van der Waals surface area contributed by atoms with Gasteiger partial charge in [0.05, 0.1) is 18.6 Å². The molecule has 1 atom stereocenters. The van der Waals surface area contributed by atoms with Gasteiger partial charge in [-0.05, 0) is 39.5 Å². The molecule has 0 amide bonds. The maximum atomic E-state index is 11.4. The van der Waals surface area contributed by atoms with Crippen LogP contribution in [0.25, 0.3) is 0 Å². The largest absolute Gasteiger partial charge is 0.469 e. The van der Waals surface area contributed by atoms with E-state index in [4.69, 9.17) is 4.74 Å². The van der Waals surface area contributed by atoms with Crippen molar-refractivity contribution in [2.75, 3.05) is 7.11 Å². The van der Waals surface area contributed by atoms with Gasteiger partial charge in [0.15, 0.2) is 0 Å². The van der Waals surface area contributed by atoms with Crippen molar-refractivity contribution in [3.8, 4) is 0 Å². The normalized spacial score (nSPS) is 13.9. The van der Waals surface area contributed by atoms with Crippen molar-refractivity contribution in [1.29, 1.82) is 0 Å². The second-order valence-electron chi connectivity index (χ2n) is 5.02. The smallest absolute Gasteiger partial charge is 0.311 e. The molecule has 17 heavy (non-hydrogen) atoms. The molecular formula is C14H26O3. The molecule has 0 bridgehead atoms. The summed E-state index contributed by atoms with van der Waals surface area (Å²) in [6.07, 6.45) is 8.11. The van der Waals surface area contributed by atoms with E-state index in [0.717, 1.165) is 32.1 Å². The van der Waals surface area contributed by atoms with Gasteiger partial charge in [-0.25, -0.2) is 0 Å². The summed E-state index contributed by atoms with van der Waals surface area (Å²) in [5.74, 6) is -0.144. The van der Waals surface area contributed by atoms with Crippen LogP contribution in [0.5, 0.6) is 0 Å². The third-order valence-electron chi connectivity index (χ3n) is 2.94.